The first-order valence-corrected chi connectivity index (χ1v) is 4.83. The molecule has 0 unspecified atom stereocenters. The molecule has 0 atom stereocenters. The van der Waals surface area contributed by atoms with Gasteiger partial charge in [0.05, 0.1) is 10.0 Å². The Morgan fingerprint density at radius 3 is 2.38 bits per heavy atom. The maximum Gasteiger partial charge on any atom is 0.416 e. The molecule has 0 aliphatic carbocycles. The zero-order valence-corrected chi connectivity index (χ0v) is 9.65. The van der Waals surface area contributed by atoms with Gasteiger partial charge in [-0.25, -0.2) is 4.39 Å². The minimum absolute atomic E-state index is 0.114. The molecule has 0 spiro atoms. The average molecular weight is 303 g/mol. The van der Waals surface area contributed by atoms with Crippen LogP contribution in [0.5, 0.6) is 5.75 Å². The highest BCUT2D eigenvalue weighted by Gasteiger charge is 2.32. The van der Waals surface area contributed by atoms with E-state index >= 15 is 0 Å². The van der Waals surface area contributed by atoms with Gasteiger partial charge in [0, 0.05) is 7.11 Å². The predicted octanol–water partition coefficient (Wildman–Crippen LogP) is 3.59. The molecule has 0 aromatic heterocycles. The van der Waals surface area contributed by atoms with Gasteiger partial charge in [-0.3, -0.25) is 0 Å². The Hall–Kier alpha value is -0.820. The molecule has 1 aromatic carbocycles. The Kier molecular flexibility index (Phi) is 4.15. The molecule has 1 aromatic rings. The molecule has 90 valence electrons. The number of ether oxygens (including phenoxy) is 2. The highest BCUT2D eigenvalue weighted by atomic mass is 79.9. The van der Waals surface area contributed by atoms with E-state index in [1.165, 1.54) is 7.11 Å². The fourth-order valence-corrected chi connectivity index (χ4v) is 1.53. The van der Waals surface area contributed by atoms with Crippen LogP contribution in [0.4, 0.5) is 17.6 Å². The quantitative estimate of drug-likeness (QED) is 0.627. The van der Waals surface area contributed by atoms with Gasteiger partial charge in [-0.2, -0.15) is 13.2 Å². The molecule has 16 heavy (non-hydrogen) atoms. The predicted molar refractivity (Wildman–Crippen MR) is 51.6 cm³/mol. The first kappa shape index (κ1) is 13.2. The van der Waals surface area contributed by atoms with Crippen LogP contribution in [-0.4, -0.2) is 13.9 Å². The van der Waals surface area contributed by atoms with Crippen molar-refractivity contribution in [2.45, 2.75) is 6.18 Å². The van der Waals surface area contributed by atoms with Crippen molar-refractivity contribution < 1.29 is 27.0 Å². The standard InChI is InChI=1S/C9H7BrF4O2/c1-15-4-16-8-6(10)2-5(3-7(8)11)9(12,13)14/h2-3H,4H2,1H3. The lowest BCUT2D eigenvalue weighted by Crippen LogP contribution is -2.07. The third-order valence-electron chi connectivity index (χ3n) is 1.65. The lowest BCUT2D eigenvalue weighted by atomic mass is 10.2. The molecule has 0 saturated carbocycles. The van der Waals surface area contributed by atoms with Crippen LogP contribution in [0.3, 0.4) is 0 Å². The summed E-state index contributed by atoms with van der Waals surface area (Å²) in [6, 6.07) is 1.11. The van der Waals surface area contributed by atoms with Crippen molar-refractivity contribution in [2.75, 3.05) is 13.9 Å². The summed E-state index contributed by atoms with van der Waals surface area (Å²) < 4.78 is 59.3. The van der Waals surface area contributed by atoms with Gasteiger partial charge in [-0.1, -0.05) is 0 Å². The maximum absolute atomic E-state index is 13.3. The van der Waals surface area contributed by atoms with Crippen LogP contribution in [0.1, 0.15) is 5.56 Å². The molecule has 0 aliphatic rings. The summed E-state index contributed by atoms with van der Waals surface area (Å²) in [5.74, 6) is -1.41. The summed E-state index contributed by atoms with van der Waals surface area (Å²) in [6.45, 7) is -0.249. The molecule has 0 fully saturated rings. The summed E-state index contributed by atoms with van der Waals surface area (Å²) in [5.41, 5.74) is -1.08. The van der Waals surface area contributed by atoms with E-state index in [0.29, 0.717) is 6.07 Å². The minimum Gasteiger partial charge on any atom is -0.463 e. The molecule has 0 heterocycles. The number of hydrogen-bond acceptors (Lipinski definition) is 2. The SMILES string of the molecule is COCOc1c(F)cc(C(F)(F)F)cc1Br. The molecule has 0 radical (unpaired) electrons. The van der Waals surface area contributed by atoms with Gasteiger partial charge in [-0.05, 0) is 28.1 Å². The second kappa shape index (κ2) is 5.01. The molecule has 1 rings (SSSR count). The van der Waals surface area contributed by atoms with Crippen molar-refractivity contribution in [3.63, 3.8) is 0 Å². The van der Waals surface area contributed by atoms with Crippen LogP contribution in [0, 0.1) is 5.82 Å². The average Bonchev–Trinajstić information content (AvgIpc) is 2.15. The summed E-state index contributed by atoms with van der Waals surface area (Å²) >= 11 is 2.80. The number of rotatable bonds is 3. The smallest absolute Gasteiger partial charge is 0.416 e. The van der Waals surface area contributed by atoms with E-state index in [4.69, 9.17) is 4.74 Å². The Labute approximate surface area is 97.3 Å². The van der Waals surface area contributed by atoms with Gasteiger partial charge < -0.3 is 9.47 Å². The molecule has 2 nitrogen and oxygen atoms in total. The third kappa shape index (κ3) is 3.08. The summed E-state index contributed by atoms with van der Waals surface area (Å²) in [6.07, 6.45) is -4.59. The van der Waals surface area contributed by atoms with E-state index in [0.717, 1.165) is 6.07 Å². The van der Waals surface area contributed by atoms with Crippen LogP contribution >= 0.6 is 15.9 Å². The Morgan fingerprint density at radius 2 is 1.94 bits per heavy atom. The topological polar surface area (TPSA) is 18.5 Å². The fourth-order valence-electron chi connectivity index (χ4n) is 0.979. The minimum atomic E-state index is -4.59. The first-order chi connectivity index (χ1) is 7.36. The molecular weight excluding hydrogens is 296 g/mol. The van der Waals surface area contributed by atoms with Crippen molar-refractivity contribution in [1.29, 1.82) is 0 Å². The number of benzene rings is 1. The zero-order valence-electron chi connectivity index (χ0n) is 8.07. The van der Waals surface area contributed by atoms with Gasteiger partial charge in [-0.15, -0.1) is 0 Å². The van der Waals surface area contributed by atoms with Crippen LogP contribution in [0.15, 0.2) is 16.6 Å². The highest BCUT2D eigenvalue weighted by Crippen LogP contribution is 2.36. The lowest BCUT2D eigenvalue weighted by molar-refractivity contribution is -0.137. The van der Waals surface area contributed by atoms with Crippen LogP contribution < -0.4 is 4.74 Å². The molecule has 7 heteroatoms. The van der Waals surface area contributed by atoms with Crippen LogP contribution in [0.2, 0.25) is 0 Å². The highest BCUT2D eigenvalue weighted by molar-refractivity contribution is 9.10. The second-order valence-corrected chi connectivity index (χ2v) is 3.67. The number of hydrogen-bond donors (Lipinski definition) is 0. The monoisotopic (exact) mass is 302 g/mol. The van der Waals surface area contributed by atoms with Gasteiger partial charge in [0.2, 0.25) is 0 Å². The summed E-state index contributed by atoms with van der Waals surface area (Å²) in [7, 11) is 1.32. The van der Waals surface area contributed by atoms with Crippen molar-refractivity contribution in [3.8, 4) is 5.75 Å². The Morgan fingerprint density at radius 1 is 1.31 bits per heavy atom. The van der Waals surface area contributed by atoms with Gasteiger partial charge in [0.1, 0.15) is 0 Å². The van der Waals surface area contributed by atoms with Crippen molar-refractivity contribution in [2.24, 2.45) is 0 Å². The molecule has 0 aliphatic heterocycles. The van der Waals surface area contributed by atoms with Crippen molar-refractivity contribution in [1.82, 2.24) is 0 Å². The lowest BCUT2D eigenvalue weighted by Gasteiger charge is -2.12. The Balaban J connectivity index is 3.08. The van der Waals surface area contributed by atoms with Crippen molar-refractivity contribution >= 4 is 15.9 Å². The number of alkyl halides is 3. The normalized spacial score (nSPS) is 11.6. The fraction of sp³-hybridized carbons (Fsp3) is 0.333. The number of methoxy groups -OCH3 is 1. The van der Waals surface area contributed by atoms with Crippen LogP contribution in [-0.2, 0) is 10.9 Å². The van der Waals surface area contributed by atoms with E-state index in [1.54, 1.807) is 0 Å². The Bertz CT molecular complexity index is 355. The number of halogens is 5. The van der Waals surface area contributed by atoms with E-state index in [2.05, 4.69) is 20.7 Å². The van der Waals surface area contributed by atoms with E-state index in [1.807, 2.05) is 0 Å². The molecule has 0 saturated heterocycles. The molecule has 0 bridgehead atoms. The molecular formula is C9H7BrF4O2. The van der Waals surface area contributed by atoms with Gasteiger partial charge >= 0.3 is 6.18 Å². The third-order valence-corrected chi connectivity index (χ3v) is 2.24. The zero-order chi connectivity index (χ0) is 12.3. The summed E-state index contributed by atoms with van der Waals surface area (Å²) in [4.78, 5) is 0. The van der Waals surface area contributed by atoms with Gasteiger partial charge in [0.25, 0.3) is 0 Å². The summed E-state index contributed by atoms with van der Waals surface area (Å²) in [5, 5.41) is 0. The van der Waals surface area contributed by atoms with E-state index in [-0.39, 0.29) is 17.0 Å². The first-order valence-electron chi connectivity index (χ1n) is 4.04. The maximum atomic E-state index is 13.3. The van der Waals surface area contributed by atoms with Crippen LogP contribution in [0.25, 0.3) is 0 Å². The molecule has 0 amide bonds. The molecule has 0 N–H and O–H groups in total. The van der Waals surface area contributed by atoms with E-state index < -0.39 is 17.6 Å². The largest absolute Gasteiger partial charge is 0.463 e. The van der Waals surface area contributed by atoms with E-state index in [9.17, 15) is 17.6 Å². The van der Waals surface area contributed by atoms with Gasteiger partial charge in [0.15, 0.2) is 18.4 Å². The second-order valence-electron chi connectivity index (χ2n) is 2.82. The van der Waals surface area contributed by atoms with Crippen molar-refractivity contribution in [3.05, 3.63) is 28.0 Å².